The van der Waals surface area contributed by atoms with Gasteiger partial charge in [-0.05, 0) is 11.1 Å². The number of carbonyl (C=O) groups is 1. The number of hydrogen-bond donors (Lipinski definition) is 2. The van der Waals surface area contributed by atoms with Crippen LogP contribution in [0.5, 0.6) is 0 Å². The van der Waals surface area contributed by atoms with E-state index in [-0.39, 0.29) is 6.42 Å². The van der Waals surface area contributed by atoms with Gasteiger partial charge >= 0.3 is 5.97 Å². The molecule has 17 heavy (non-hydrogen) atoms. The van der Waals surface area contributed by atoms with Gasteiger partial charge in [0.25, 0.3) is 0 Å². The second-order valence-electron chi connectivity index (χ2n) is 3.42. The van der Waals surface area contributed by atoms with E-state index in [0.29, 0.717) is 5.75 Å². The fraction of sp³-hybridized carbons (Fsp3) is 0.182. The van der Waals surface area contributed by atoms with Crippen LogP contribution in [0.15, 0.2) is 35.7 Å². The third kappa shape index (κ3) is 3.32. The molecule has 0 aliphatic rings. The van der Waals surface area contributed by atoms with Crippen molar-refractivity contribution in [3.05, 3.63) is 41.7 Å². The van der Waals surface area contributed by atoms with E-state index in [4.69, 9.17) is 5.11 Å². The van der Waals surface area contributed by atoms with Crippen molar-refractivity contribution >= 4 is 17.7 Å². The average molecular weight is 249 g/mol. The van der Waals surface area contributed by atoms with Gasteiger partial charge in [0, 0.05) is 5.75 Å². The van der Waals surface area contributed by atoms with Crippen molar-refractivity contribution in [1.29, 1.82) is 0 Å². The number of carboxylic acids is 1. The number of H-pyrrole nitrogens is 1. The number of benzene rings is 1. The van der Waals surface area contributed by atoms with E-state index in [1.54, 1.807) is 0 Å². The Bertz CT molecular complexity index is 499. The van der Waals surface area contributed by atoms with Crippen LogP contribution in [-0.2, 0) is 17.0 Å². The van der Waals surface area contributed by atoms with E-state index in [0.717, 1.165) is 16.3 Å². The van der Waals surface area contributed by atoms with Gasteiger partial charge in [-0.15, -0.1) is 0 Å². The Hall–Kier alpha value is -1.82. The van der Waals surface area contributed by atoms with Crippen LogP contribution in [-0.4, -0.2) is 26.3 Å². The summed E-state index contributed by atoms with van der Waals surface area (Å²) >= 11 is 1.50. The predicted molar refractivity (Wildman–Crippen MR) is 63.7 cm³/mol. The standard InChI is InChI=1S/C11H11N3O2S/c15-10(16)5-8-3-1-2-4-9(8)6-17-11-12-7-13-14-11/h1-4,7H,5-6H2,(H,15,16)(H,12,13,14). The zero-order chi connectivity index (χ0) is 12.1. The smallest absolute Gasteiger partial charge is 0.307 e. The molecule has 1 aromatic heterocycles. The molecule has 5 nitrogen and oxygen atoms in total. The maximum absolute atomic E-state index is 10.7. The highest BCUT2D eigenvalue weighted by atomic mass is 32.2. The highest BCUT2D eigenvalue weighted by molar-refractivity contribution is 7.98. The maximum Gasteiger partial charge on any atom is 0.307 e. The van der Waals surface area contributed by atoms with Gasteiger partial charge < -0.3 is 5.11 Å². The van der Waals surface area contributed by atoms with Crippen LogP contribution in [0.25, 0.3) is 0 Å². The Morgan fingerprint density at radius 2 is 2.12 bits per heavy atom. The summed E-state index contributed by atoms with van der Waals surface area (Å²) in [6.07, 6.45) is 1.50. The summed E-state index contributed by atoms with van der Waals surface area (Å²) in [5.41, 5.74) is 1.85. The van der Waals surface area contributed by atoms with Gasteiger partial charge in [0.1, 0.15) is 6.33 Å². The monoisotopic (exact) mass is 249 g/mol. The molecule has 6 heteroatoms. The van der Waals surface area contributed by atoms with E-state index in [1.165, 1.54) is 18.1 Å². The van der Waals surface area contributed by atoms with Crippen LogP contribution >= 0.6 is 11.8 Å². The molecule has 0 amide bonds. The zero-order valence-corrected chi connectivity index (χ0v) is 9.78. The first kappa shape index (κ1) is 11.7. The van der Waals surface area contributed by atoms with Gasteiger partial charge in [-0.25, -0.2) is 4.98 Å². The first-order chi connectivity index (χ1) is 8.25. The van der Waals surface area contributed by atoms with Crippen LogP contribution in [0.1, 0.15) is 11.1 Å². The molecule has 0 saturated heterocycles. The highest BCUT2D eigenvalue weighted by Crippen LogP contribution is 2.21. The fourth-order valence-corrected chi connectivity index (χ4v) is 2.26. The Kier molecular flexibility index (Phi) is 3.77. The van der Waals surface area contributed by atoms with Gasteiger partial charge in [-0.2, -0.15) is 5.10 Å². The first-order valence-corrected chi connectivity index (χ1v) is 6.01. The quantitative estimate of drug-likeness (QED) is 0.789. The average Bonchev–Trinajstić information content (AvgIpc) is 2.80. The maximum atomic E-state index is 10.7. The topological polar surface area (TPSA) is 78.9 Å². The Balaban J connectivity index is 2.06. The fourth-order valence-electron chi connectivity index (χ4n) is 1.44. The van der Waals surface area contributed by atoms with Crippen LogP contribution in [0.2, 0.25) is 0 Å². The summed E-state index contributed by atoms with van der Waals surface area (Å²) < 4.78 is 0. The summed E-state index contributed by atoms with van der Waals surface area (Å²) in [7, 11) is 0. The van der Waals surface area contributed by atoms with Crippen LogP contribution in [0.4, 0.5) is 0 Å². The zero-order valence-electron chi connectivity index (χ0n) is 8.96. The van der Waals surface area contributed by atoms with Gasteiger partial charge in [0.05, 0.1) is 6.42 Å². The molecule has 0 saturated carbocycles. The van der Waals surface area contributed by atoms with Crippen molar-refractivity contribution in [3.63, 3.8) is 0 Å². The molecule has 2 aromatic rings. The van der Waals surface area contributed by atoms with E-state index >= 15 is 0 Å². The number of rotatable bonds is 5. The second kappa shape index (κ2) is 5.49. The lowest BCUT2D eigenvalue weighted by Crippen LogP contribution is -2.02. The molecule has 0 radical (unpaired) electrons. The van der Waals surface area contributed by atoms with Crippen molar-refractivity contribution in [2.75, 3.05) is 0 Å². The van der Waals surface area contributed by atoms with Gasteiger partial charge in [0.2, 0.25) is 0 Å². The van der Waals surface area contributed by atoms with Crippen LogP contribution in [0.3, 0.4) is 0 Å². The molecular weight excluding hydrogens is 238 g/mol. The van der Waals surface area contributed by atoms with Gasteiger partial charge in [0.15, 0.2) is 5.16 Å². The highest BCUT2D eigenvalue weighted by Gasteiger charge is 2.07. The molecule has 0 aliphatic carbocycles. The summed E-state index contributed by atoms with van der Waals surface area (Å²) in [4.78, 5) is 14.7. The second-order valence-corrected chi connectivity index (χ2v) is 4.38. The molecule has 0 bridgehead atoms. The molecule has 0 spiro atoms. The van der Waals surface area contributed by atoms with Crippen molar-refractivity contribution in [1.82, 2.24) is 15.2 Å². The molecule has 2 rings (SSSR count). The molecule has 1 aromatic carbocycles. The van der Waals surface area contributed by atoms with E-state index in [2.05, 4.69) is 15.2 Å². The molecule has 0 atom stereocenters. The van der Waals surface area contributed by atoms with Crippen LogP contribution in [0, 0.1) is 0 Å². The third-order valence-electron chi connectivity index (χ3n) is 2.22. The van der Waals surface area contributed by atoms with E-state index in [1.807, 2.05) is 24.3 Å². The Labute approximate surface area is 102 Å². The number of nitrogens with zero attached hydrogens (tertiary/aromatic N) is 2. The predicted octanol–water partition coefficient (Wildman–Crippen LogP) is 1.72. The Morgan fingerprint density at radius 3 is 2.76 bits per heavy atom. The minimum absolute atomic E-state index is 0.0487. The molecule has 0 aliphatic heterocycles. The number of carboxylic acid groups (broad SMARTS) is 1. The van der Waals surface area contributed by atoms with Crippen molar-refractivity contribution in [2.45, 2.75) is 17.3 Å². The molecule has 2 N–H and O–H groups in total. The molecule has 1 heterocycles. The number of thioether (sulfide) groups is 1. The number of hydrogen-bond acceptors (Lipinski definition) is 4. The van der Waals surface area contributed by atoms with Crippen molar-refractivity contribution in [2.24, 2.45) is 0 Å². The number of nitrogens with one attached hydrogen (secondary N) is 1. The molecular formula is C11H11N3O2S. The number of aromatic amines is 1. The first-order valence-electron chi connectivity index (χ1n) is 5.02. The third-order valence-corrected chi connectivity index (χ3v) is 3.14. The minimum atomic E-state index is -0.817. The summed E-state index contributed by atoms with van der Waals surface area (Å²) in [5.74, 6) is -0.138. The summed E-state index contributed by atoms with van der Waals surface area (Å²) in [6.45, 7) is 0. The lowest BCUT2D eigenvalue weighted by Gasteiger charge is -2.05. The van der Waals surface area contributed by atoms with Gasteiger partial charge in [-0.3, -0.25) is 9.89 Å². The van der Waals surface area contributed by atoms with Crippen molar-refractivity contribution < 1.29 is 9.90 Å². The van der Waals surface area contributed by atoms with Crippen molar-refractivity contribution in [3.8, 4) is 0 Å². The lowest BCUT2D eigenvalue weighted by atomic mass is 10.1. The molecule has 0 unspecified atom stereocenters. The molecule has 88 valence electrons. The minimum Gasteiger partial charge on any atom is -0.481 e. The normalized spacial score (nSPS) is 10.4. The van der Waals surface area contributed by atoms with Gasteiger partial charge in [-0.1, -0.05) is 36.0 Å². The van der Waals surface area contributed by atoms with E-state index < -0.39 is 5.97 Å². The largest absolute Gasteiger partial charge is 0.481 e. The van der Waals surface area contributed by atoms with Crippen LogP contribution < -0.4 is 0 Å². The summed E-state index contributed by atoms with van der Waals surface area (Å²) in [6, 6.07) is 7.52. The number of aliphatic carboxylic acids is 1. The van der Waals surface area contributed by atoms with E-state index in [9.17, 15) is 4.79 Å². The lowest BCUT2D eigenvalue weighted by molar-refractivity contribution is -0.136. The summed E-state index contributed by atoms with van der Waals surface area (Å²) in [5, 5.41) is 16.0. The molecule has 0 fully saturated rings. The SMILES string of the molecule is O=C(O)Cc1ccccc1CSc1ncn[nH]1. The number of aromatic nitrogens is 3. The Morgan fingerprint density at radius 1 is 1.35 bits per heavy atom.